The summed E-state index contributed by atoms with van der Waals surface area (Å²) < 4.78 is 5.43. The zero-order valence-electron chi connectivity index (χ0n) is 18.1. The first-order valence-electron chi connectivity index (χ1n) is 11.3. The van der Waals surface area contributed by atoms with E-state index >= 15 is 0 Å². The van der Waals surface area contributed by atoms with Crippen molar-refractivity contribution in [2.75, 3.05) is 39.4 Å². The Morgan fingerprint density at radius 2 is 1.65 bits per heavy atom. The minimum Gasteiger partial charge on any atom is -0.379 e. The molecule has 0 atom stereocenters. The maximum Gasteiger partial charge on any atom is 0.223 e. The average Bonchev–Trinajstić information content (AvgIpc) is 2.80. The lowest BCUT2D eigenvalue weighted by molar-refractivity contribution is -0.126. The van der Waals surface area contributed by atoms with E-state index in [9.17, 15) is 4.79 Å². The Morgan fingerprint density at radius 3 is 2.42 bits per heavy atom. The maximum atomic E-state index is 12.7. The third kappa shape index (κ3) is 6.53. The number of carbonyl (C=O) groups is 1. The summed E-state index contributed by atoms with van der Waals surface area (Å²) in [5.74, 6) is 0.273. The summed E-state index contributed by atoms with van der Waals surface area (Å²) in [6.07, 6.45) is 1.79. The number of nitrogens with one attached hydrogen (secondary N) is 1. The van der Waals surface area contributed by atoms with Gasteiger partial charge < -0.3 is 10.1 Å². The summed E-state index contributed by atoms with van der Waals surface area (Å²) >= 11 is 6.29. The first-order valence-corrected chi connectivity index (χ1v) is 11.7. The minimum atomic E-state index is 0.0963. The fourth-order valence-corrected chi connectivity index (χ4v) is 4.61. The number of piperidine rings is 1. The Labute approximate surface area is 190 Å². The largest absolute Gasteiger partial charge is 0.379 e. The van der Waals surface area contributed by atoms with Gasteiger partial charge in [0, 0.05) is 43.7 Å². The number of halogens is 1. The number of ether oxygens (including phenoxy) is 1. The van der Waals surface area contributed by atoms with E-state index < -0.39 is 0 Å². The van der Waals surface area contributed by atoms with Gasteiger partial charge in [0.05, 0.1) is 13.2 Å². The van der Waals surface area contributed by atoms with Gasteiger partial charge in [0.1, 0.15) is 0 Å². The molecule has 2 aliphatic heterocycles. The van der Waals surface area contributed by atoms with Crippen molar-refractivity contribution in [3.05, 3.63) is 70.2 Å². The second-order valence-electron chi connectivity index (χ2n) is 8.57. The van der Waals surface area contributed by atoms with Gasteiger partial charge >= 0.3 is 0 Å². The van der Waals surface area contributed by atoms with Crippen LogP contribution in [0, 0.1) is 5.92 Å². The lowest BCUT2D eigenvalue weighted by Gasteiger charge is -2.31. The van der Waals surface area contributed by atoms with Crippen molar-refractivity contribution >= 4 is 17.5 Å². The van der Waals surface area contributed by atoms with Gasteiger partial charge in [-0.3, -0.25) is 14.6 Å². The standard InChI is InChI=1S/C25H32ClN3O2/c26-24-7-2-1-6-23(24)19-28-10-8-22(9-11-28)25(30)27-17-20-4-3-5-21(16-20)18-29-12-14-31-15-13-29/h1-7,16,22H,8-15,17-19H2,(H,27,30). The summed E-state index contributed by atoms with van der Waals surface area (Å²) in [5.41, 5.74) is 3.61. The molecule has 0 saturated carbocycles. The number of morpholine rings is 1. The van der Waals surface area contributed by atoms with Crippen LogP contribution in [-0.4, -0.2) is 55.1 Å². The highest BCUT2D eigenvalue weighted by Crippen LogP contribution is 2.22. The lowest BCUT2D eigenvalue weighted by atomic mass is 9.95. The smallest absolute Gasteiger partial charge is 0.223 e. The van der Waals surface area contributed by atoms with E-state index in [4.69, 9.17) is 16.3 Å². The van der Waals surface area contributed by atoms with Gasteiger partial charge in [-0.15, -0.1) is 0 Å². The van der Waals surface area contributed by atoms with Crippen molar-refractivity contribution in [1.82, 2.24) is 15.1 Å². The Hall–Kier alpha value is -1.92. The summed E-state index contributed by atoms with van der Waals surface area (Å²) in [6.45, 7) is 7.83. The summed E-state index contributed by atoms with van der Waals surface area (Å²) in [6, 6.07) is 16.6. The number of rotatable bonds is 7. The van der Waals surface area contributed by atoms with E-state index in [0.717, 1.165) is 81.5 Å². The zero-order valence-corrected chi connectivity index (χ0v) is 18.8. The van der Waals surface area contributed by atoms with Crippen LogP contribution < -0.4 is 5.32 Å². The van der Waals surface area contributed by atoms with Gasteiger partial charge in [-0.2, -0.15) is 0 Å². The topological polar surface area (TPSA) is 44.8 Å². The molecule has 5 nitrogen and oxygen atoms in total. The number of nitrogens with zero attached hydrogens (tertiary/aromatic N) is 2. The quantitative estimate of drug-likeness (QED) is 0.711. The van der Waals surface area contributed by atoms with Gasteiger partial charge in [0.15, 0.2) is 0 Å². The van der Waals surface area contributed by atoms with Gasteiger partial charge in [0.2, 0.25) is 5.91 Å². The molecule has 0 unspecified atom stereocenters. The normalized spacial score (nSPS) is 18.7. The Balaban J connectivity index is 1.21. The average molecular weight is 442 g/mol. The molecule has 1 amide bonds. The number of hydrogen-bond acceptors (Lipinski definition) is 4. The fourth-order valence-electron chi connectivity index (χ4n) is 4.41. The second kappa shape index (κ2) is 11.1. The molecule has 2 fully saturated rings. The van der Waals surface area contributed by atoms with Crippen LogP contribution in [0.1, 0.15) is 29.5 Å². The number of amides is 1. The van der Waals surface area contributed by atoms with Crippen LogP contribution in [0.5, 0.6) is 0 Å². The summed E-state index contributed by atoms with van der Waals surface area (Å²) in [7, 11) is 0. The summed E-state index contributed by atoms with van der Waals surface area (Å²) in [4.78, 5) is 17.5. The molecular formula is C25H32ClN3O2. The zero-order chi connectivity index (χ0) is 21.5. The number of likely N-dealkylation sites (tertiary alicyclic amines) is 1. The number of benzene rings is 2. The van der Waals surface area contributed by atoms with Crippen LogP contribution in [0.2, 0.25) is 5.02 Å². The highest BCUT2D eigenvalue weighted by atomic mass is 35.5. The van der Waals surface area contributed by atoms with Crippen molar-refractivity contribution in [1.29, 1.82) is 0 Å². The molecule has 0 aliphatic carbocycles. The van der Waals surface area contributed by atoms with Crippen LogP contribution in [0.4, 0.5) is 0 Å². The SMILES string of the molecule is O=C(NCc1cccc(CN2CCOCC2)c1)C1CCN(Cc2ccccc2Cl)CC1. The van der Waals surface area contributed by atoms with Crippen molar-refractivity contribution in [2.45, 2.75) is 32.5 Å². The third-order valence-electron chi connectivity index (χ3n) is 6.28. The molecule has 4 rings (SSSR count). The Kier molecular flexibility index (Phi) is 7.97. The number of carbonyl (C=O) groups excluding carboxylic acids is 1. The molecular weight excluding hydrogens is 410 g/mol. The third-order valence-corrected chi connectivity index (χ3v) is 6.65. The lowest BCUT2D eigenvalue weighted by Crippen LogP contribution is -2.40. The molecule has 1 N–H and O–H groups in total. The van der Waals surface area contributed by atoms with Crippen LogP contribution in [0.15, 0.2) is 48.5 Å². The molecule has 31 heavy (non-hydrogen) atoms. The van der Waals surface area contributed by atoms with Gasteiger partial charge in [0.25, 0.3) is 0 Å². The fraction of sp³-hybridized carbons (Fsp3) is 0.480. The predicted octanol–water partition coefficient (Wildman–Crippen LogP) is 3.70. The van der Waals surface area contributed by atoms with Crippen molar-refractivity contribution in [3.8, 4) is 0 Å². The monoisotopic (exact) mass is 441 g/mol. The molecule has 0 spiro atoms. The van der Waals surface area contributed by atoms with E-state index in [-0.39, 0.29) is 11.8 Å². The molecule has 0 bridgehead atoms. The van der Waals surface area contributed by atoms with Gasteiger partial charge in [-0.05, 0) is 48.7 Å². The molecule has 0 aromatic heterocycles. The second-order valence-corrected chi connectivity index (χ2v) is 8.98. The minimum absolute atomic E-state index is 0.0963. The van der Waals surface area contributed by atoms with E-state index in [0.29, 0.717) is 6.54 Å². The van der Waals surface area contributed by atoms with Gasteiger partial charge in [-0.25, -0.2) is 0 Å². The van der Waals surface area contributed by atoms with Gasteiger partial charge in [-0.1, -0.05) is 54.1 Å². The van der Waals surface area contributed by atoms with E-state index in [2.05, 4.69) is 45.4 Å². The van der Waals surface area contributed by atoms with Crippen LogP contribution in [0.3, 0.4) is 0 Å². The van der Waals surface area contributed by atoms with Crippen LogP contribution >= 0.6 is 11.6 Å². The van der Waals surface area contributed by atoms with Crippen molar-refractivity contribution in [2.24, 2.45) is 5.92 Å². The number of hydrogen-bond donors (Lipinski definition) is 1. The highest BCUT2D eigenvalue weighted by molar-refractivity contribution is 6.31. The molecule has 0 radical (unpaired) electrons. The molecule has 2 aromatic rings. The first kappa shape index (κ1) is 22.3. The first-order chi connectivity index (χ1) is 15.2. The molecule has 2 aromatic carbocycles. The molecule has 2 heterocycles. The summed E-state index contributed by atoms with van der Waals surface area (Å²) in [5, 5.41) is 3.98. The molecule has 2 aliphatic rings. The van der Waals surface area contributed by atoms with Crippen LogP contribution in [0.25, 0.3) is 0 Å². The van der Waals surface area contributed by atoms with Crippen molar-refractivity contribution < 1.29 is 9.53 Å². The molecule has 2 saturated heterocycles. The van der Waals surface area contributed by atoms with Crippen molar-refractivity contribution in [3.63, 3.8) is 0 Å². The Bertz CT molecular complexity index is 861. The van der Waals surface area contributed by atoms with E-state index in [1.54, 1.807) is 0 Å². The molecule has 6 heteroatoms. The highest BCUT2D eigenvalue weighted by Gasteiger charge is 2.25. The van der Waals surface area contributed by atoms with Crippen LogP contribution in [-0.2, 0) is 29.2 Å². The van der Waals surface area contributed by atoms with E-state index in [1.807, 2.05) is 18.2 Å². The Morgan fingerprint density at radius 1 is 0.935 bits per heavy atom. The molecule has 166 valence electrons. The van der Waals surface area contributed by atoms with E-state index in [1.165, 1.54) is 5.56 Å². The maximum absolute atomic E-state index is 12.7. The predicted molar refractivity (Wildman–Crippen MR) is 124 cm³/mol.